The molecule has 4 heteroatoms. The van der Waals surface area contributed by atoms with Crippen LogP contribution in [0.15, 0.2) is 18.2 Å². The summed E-state index contributed by atoms with van der Waals surface area (Å²) in [4.78, 5) is 2.42. The standard InChI is InChI=1S/C11H12BrNO2/c12-4-9-6-13(9)5-8-1-2-10-11(3-8)15-7-14-10/h1-3,9H,4-7H2. The third kappa shape index (κ3) is 1.84. The highest BCUT2D eigenvalue weighted by molar-refractivity contribution is 9.09. The third-order valence-electron chi connectivity index (χ3n) is 2.83. The maximum Gasteiger partial charge on any atom is 0.231 e. The SMILES string of the molecule is BrCC1CN1Cc1ccc2c(c1)OCO2. The lowest BCUT2D eigenvalue weighted by Crippen LogP contribution is -2.02. The van der Waals surface area contributed by atoms with E-state index in [1.54, 1.807) is 0 Å². The molecule has 3 nitrogen and oxygen atoms in total. The van der Waals surface area contributed by atoms with Gasteiger partial charge in [0.05, 0.1) is 0 Å². The zero-order valence-electron chi connectivity index (χ0n) is 8.28. The number of hydrogen-bond donors (Lipinski definition) is 0. The molecule has 2 atom stereocenters. The Bertz CT molecular complexity index is 383. The van der Waals surface area contributed by atoms with Crippen molar-refractivity contribution in [2.45, 2.75) is 12.6 Å². The molecule has 0 bridgehead atoms. The lowest BCUT2D eigenvalue weighted by Gasteiger charge is -2.04. The molecule has 0 amide bonds. The summed E-state index contributed by atoms with van der Waals surface area (Å²) in [6.45, 7) is 2.55. The van der Waals surface area contributed by atoms with Crippen molar-refractivity contribution >= 4 is 15.9 Å². The van der Waals surface area contributed by atoms with Gasteiger partial charge in [0.2, 0.25) is 6.79 Å². The fraction of sp³-hybridized carbons (Fsp3) is 0.455. The maximum absolute atomic E-state index is 5.34. The minimum absolute atomic E-state index is 0.354. The molecular formula is C11H12BrNO2. The lowest BCUT2D eigenvalue weighted by atomic mass is 10.2. The largest absolute Gasteiger partial charge is 0.454 e. The van der Waals surface area contributed by atoms with Crippen LogP contribution in [0.2, 0.25) is 0 Å². The molecule has 2 heterocycles. The molecule has 15 heavy (non-hydrogen) atoms. The quantitative estimate of drug-likeness (QED) is 0.619. The summed E-state index contributed by atoms with van der Waals surface area (Å²) >= 11 is 3.49. The molecule has 0 aromatic heterocycles. The van der Waals surface area contributed by atoms with Crippen molar-refractivity contribution in [1.29, 1.82) is 0 Å². The molecule has 2 aliphatic heterocycles. The molecule has 1 saturated heterocycles. The maximum atomic E-state index is 5.34. The van der Waals surface area contributed by atoms with E-state index in [0.717, 1.165) is 29.4 Å². The molecule has 1 aromatic rings. The molecule has 80 valence electrons. The van der Waals surface area contributed by atoms with Crippen LogP contribution in [0, 0.1) is 0 Å². The molecule has 0 N–H and O–H groups in total. The molecule has 0 radical (unpaired) electrons. The number of benzene rings is 1. The van der Waals surface area contributed by atoms with Crippen molar-refractivity contribution in [3.8, 4) is 11.5 Å². The smallest absolute Gasteiger partial charge is 0.231 e. The molecular weight excluding hydrogens is 258 g/mol. The van der Waals surface area contributed by atoms with E-state index in [9.17, 15) is 0 Å². The molecule has 1 aromatic carbocycles. The minimum atomic E-state index is 0.354. The summed E-state index contributed by atoms with van der Waals surface area (Å²) in [5.41, 5.74) is 1.29. The van der Waals surface area contributed by atoms with Crippen molar-refractivity contribution in [2.24, 2.45) is 0 Å². The van der Waals surface area contributed by atoms with Gasteiger partial charge in [0.1, 0.15) is 0 Å². The van der Waals surface area contributed by atoms with Crippen molar-refractivity contribution in [3.05, 3.63) is 23.8 Å². The normalized spacial score (nSPS) is 26.7. The van der Waals surface area contributed by atoms with Crippen LogP contribution in [0.3, 0.4) is 0 Å². The van der Waals surface area contributed by atoms with Crippen molar-refractivity contribution < 1.29 is 9.47 Å². The second-order valence-electron chi connectivity index (χ2n) is 3.93. The molecule has 0 aliphatic carbocycles. The van der Waals surface area contributed by atoms with Gasteiger partial charge in [-0.25, -0.2) is 0 Å². The summed E-state index contributed by atoms with van der Waals surface area (Å²) < 4.78 is 10.6. The fourth-order valence-corrected chi connectivity index (χ4v) is 2.45. The van der Waals surface area contributed by atoms with Crippen LogP contribution in [-0.4, -0.2) is 29.6 Å². The van der Waals surface area contributed by atoms with Gasteiger partial charge in [-0.2, -0.15) is 0 Å². The Labute approximate surface area is 97.1 Å². The molecule has 3 rings (SSSR count). The van der Waals surface area contributed by atoms with Crippen LogP contribution in [0.1, 0.15) is 5.56 Å². The Kier molecular flexibility index (Phi) is 2.33. The lowest BCUT2D eigenvalue weighted by molar-refractivity contribution is 0.174. The van der Waals surface area contributed by atoms with E-state index >= 15 is 0 Å². The van der Waals surface area contributed by atoms with Gasteiger partial charge in [-0.15, -0.1) is 0 Å². The monoisotopic (exact) mass is 269 g/mol. The zero-order chi connectivity index (χ0) is 10.3. The van der Waals surface area contributed by atoms with Gasteiger partial charge in [-0.1, -0.05) is 22.0 Å². The average Bonchev–Trinajstić information content (AvgIpc) is 2.84. The fourth-order valence-electron chi connectivity index (χ4n) is 1.84. The summed E-state index contributed by atoms with van der Waals surface area (Å²) in [6.07, 6.45) is 0. The molecule has 1 fully saturated rings. The Morgan fingerprint density at radius 2 is 2.20 bits per heavy atom. The number of ether oxygens (including phenoxy) is 2. The highest BCUT2D eigenvalue weighted by Crippen LogP contribution is 2.33. The minimum Gasteiger partial charge on any atom is -0.454 e. The van der Waals surface area contributed by atoms with Crippen LogP contribution < -0.4 is 9.47 Å². The second kappa shape index (κ2) is 3.68. The van der Waals surface area contributed by atoms with E-state index in [2.05, 4.69) is 33.0 Å². The number of hydrogen-bond acceptors (Lipinski definition) is 3. The molecule has 2 aliphatic rings. The van der Waals surface area contributed by atoms with Gasteiger partial charge in [-0.3, -0.25) is 4.90 Å². The first-order valence-corrected chi connectivity index (χ1v) is 6.17. The molecule has 2 unspecified atom stereocenters. The first-order chi connectivity index (χ1) is 7.36. The van der Waals surface area contributed by atoms with Gasteiger partial charge in [0.15, 0.2) is 11.5 Å². The second-order valence-corrected chi connectivity index (χ2v) is 4.57. The summed E-state index contributed by atoms with van der Waals surface area (Å²) in [7, 11) is 0. The van der Waals surface area contributed by atoms with E-state index in [0.29, 0.717) is 6.79 Å². The number of halogens is 1. The van der Waals surface area contributed by atoms with E-state index in [-0.39, 0.29) is 0 Å². The predicted octanol–water partition coefficient (Wildman–Crippen LogP) is 1.99. The predicted molar refractivity (Wildman–Crippen MR) is 60.6 cm³/mol. The average molecular weight is 270 g/mol. The first kappa shape index (κ1) is 9.48. The summed E-state index contributed by atoms with van der Waals surface area (Å²) in [5, 5.41) is 1.07. The Balaban J connectivity index is 1.71. The summed E-state index contributed by atoms with van der Waals surface area (Å²) in [5.74, 6) is 1.74. The number of fused-ring (bicyclic) bond motifs is 1. The molecule has 0 spiro atoms. The van der Waals surface area contributed by atoms with Crippen molar-refractivity contribution in [3.63, 3.8) is 0 Å². The Hall–Kier alpha value is -0.740. The topological polar surface area (TPSA) is 21.5 Å². The number of alkyl halides is 1. The van der Waals surface area contributed by atoms with Gasteiger partial charge < -0.3 is 9.47 Å². The van der Waals surface area contributed by atoms with Crippen LogP contribution >= 0.6 is 15.9 Å². The Morgan fingerprint density at radius 3 is 3.00 bits per heavy atom. The van der Waals surface area contributed by atoms with Gasteiger partial charge in [-0.05, 0) is 17.7 Å². The zero-order valence-corrected chi connectivity index (χ0v) is 9.87. The van der Waals surface area contributed by atoms with Gasteiger partial charge >= 0.3 is 0 Å². The van der Waals surface area contributed by atoms with E-state index in [1.807, 2.05) is 6.07 Å². The van der Waals surface area contributed by atoms with Crippen molar-refractivity contribution in [2.75, 3.05) is 18.7 Å². The van der Waals surface area contributed by atoms with Gasteiger partial charge in [0, 0.05) is 24.5 Å². The van der Waals surface area contributed by atoms with Gasteiger partial charge in [0.25, 0.3) is 0 Å². The van der Waals surface area contributed by atoms with Crippen LogP contribution in [0.5, 0.6) is 11.5 Å². The molecule has 0 saturated carbocycles. The van der Waals surface area contributed by atoms with Crippen LogP contribution in [0.25, 0.3) is 0 Å². The van der Waals surface area contributed by atoms with E-state index < -0.39 is 0 Å². The van der Waals surface area contributed by atoms with E-state index in [4.69, 9.17) is 9.47 Å². The third-order valence-corrected chi connectivity index (χ3v) is 3.58. The first-order valence-electron chi connectivity index (χ1n) is 5.05. The van der Waals surface area contributed by atoms with Crippen LogP contribution in [0.4, 0.5) is 0 Å². The van der Waals surface area contributed by atoms with Crippen LogP contribution in [-0.2, 0) is 6.54 Å². The van der Waals surface area contributed by atoms with Crippen molar-refractivity contribution in [1.82, 2.24) is 4.90 Å². The highest BCUT2D eigenvalue weighted by Gasteiger charge is 2.32. The van der Waals surface area contributed by atoms with E-state index in [1.165, 1.54) is 12.1 Å². The highest BCUT2D eigenvalue weighted by atomic mass is 79.9. The Morgan fingerprint density at radius 1 is 1.33 bits per heavy atom. The number of rotatable bonds is 3. The number of nitrogens with zero attached hydrogens (tertiary/aromatic N) is 1. The summed E-state index contributed by atoms with van der Waals surface area (Å²) in [6, 6.07) is 6.89.